The molecular weight excluding hydrogens is 466 g/mol. The summed E-state index contributed by atoms with van der Waals surface area (Å²) in [7, 11) is 0. The molecule has 0 saturated carbocycles. The standard InChI is InChI=1S/C27H26ClN3O4/c1-16(33)31-24-20(14-30-23(24)12-11-19(27(30)35)17-7-3-2-4-8-17)21(15-32)25(31)26(34)29-13-18-9-5-6-10-22(18)28/h2-12,20-21,24-25,32H,13-15H2,1H3,(H,29,34)/t20-,21-,24+,25-/m1/s1. The third-order valence-corrected chi connectivity index (χ3v) is 7.57. The molecule has 1 saturated heterocycles. The van der Waals surface area contributed by atoms with Crippen LogP contribution in [0, 0.1) is 11.8 Å². The lowest BCUT2D eigenvalue weighted by atomic mass is 9.88. The highest BCUT2D eigenvalue weighted by molar-refractivity contribution is 6.31. The van der Waals surface area contributed by atoms with Crippen LogP contribution in [0.5, 0.6) is 0 Å². The zero-order valence-corrected chi connectivity index (χ0v) is 20.0. The fourth-order valence-corrected chi connectivity index (χ4v) is 5.82. The molecule has 35 heavy (non-hydrogen) atoms. The zero-order chi connectivity index (χ0) is 24.7. The number of likely N-dealkylation sites (tertiary alicyclic amines) is 1. The Kier molecular flexibility index (Phi) is 6.21. The highest BCUT2D eigenvalue weighted by Gasteiger charge is 2.56. The Bertz CT molecular complexity index is 1340. The van der Waals surface area contributed by atoms with Crippen molar-refractivity contribution in [3.63, 3.8) is 0 Å². The van der Waals surface area contributed by atoms with Crippen molar-refractivity contribution in [2.45, 2.75) is 32.1 Å². The van der Waals surface area contributed by atoms with Gasteiger partial charge < -0.3 is 19.9 Å². The first-order valence-corrected chi connectivity index (χ1v) is 12.0. The van der Waals surface area contributed by atoms with Gasteiger partial charge >= 0.3 is 0 Å². The number of benzene rings is 2. The van der Waals surface area contributed by atoms with E-state index in [1.165, 1.54) is 11.8 Å². The van der Waals surface area contributed by atoms with E-state index in [-0.39, 0.29) is 36.4 Å². The summed E-state index contributed by atoms with van der Waals surface area (Å²) in [6.07, 6.45) is 0. The van der Waals surface area contributed by atoms with E-state index in [0.29, 0.717) is 22.8 Å². The predicted molar refractivity (Wildman–Crippen MR) is 133 cm³/mol. The van der Waals surface area contributed by atoms with Crippen molar-refractivity contribution in [1.29, 1.82) is 0 Å². The molecule has 0 spiro atoms. The highest BCUT2D eigenvalue weighted by Crippen LogP contribution is 2.49. The zero-order valence-electron chi connectivity index (χ0n) is 19.2. The quantitative estimate of drug-likeness (QED) is 0.574. The Labute approximate surface area is 208 Å². The van der Waals surface area contributed by atoms with E-state index in [0.717, 1.165) is 11.1 Å². The maximum atomic E-state index is 13.4. The third kappa shape index (κ3) is 3.94. The number of nitrogens with zero attached hydrogens (tertiary/aromatic N) is 2. The van der Waals surface area contributed by atoms with Crippen LogP contribution in [0.2, 0.25) is 5.02 Å². The van der Waals surface area contributed by atoms with Crippen LogP contribution in [-0.4, -0.2) is 39.0 Å². The number of hydrogen-bond donors (Lipinski definition) is 2. The third-order valence-electron chi connectivity index (χ3n) is 7.20. The molecule has 2 aliphatic rings. The second kappa shape index (κ2) is 9.32. The molecule has 2 aliphatic heterocycles. The predicted octanol–water partition coefficient (Wildman–Crippen LogP) is 3.00. The van der Waals surface area contributed by atoms with E-state index in [1.807, 2.05) is 54.6 Å². The van der Waals surface area contributed by atoms with Crippen molar-refractivity contribution in [3.8, 4) is 11.1 Å². The summed E-state index contributed by atoms with van der Waals surface area (Å²) in [5.41, 5.74) is 2.72. The van der Waals surface area contributed by atoms with Crippen molar-refractivity contribution >= 4 is 23.4 Å². The molecule has 3 heterocycles. The number of aliphatic hydroxyl groups is 1. The molecule has 5 rings (SSSR count). The van der Waals surface area contributed by atoms with E-state index in [1.54, 1.807) is 16.7 Å². The molecule has 4 atom stereocenters. The molecule has 1 fully saturated rings. The first-order valence-electron chi connectivity index (χ1n) is 11.6. The van der Waals surface area contributed by atoms with Crippen molar-refractivity contribution in [2.24, 2.45) is 11.8 Å². The van der Waals surface area contributed by atoms with Gasteiger partial charge in [-0.25, -0.2) is 0 Å². The number of nitrogens with one attached hydrogen (secondary N) is 1. The van der Waals surface area contributed by atoms with Gasteiger partial charge in [-0.15, -0.1) is 0 Å². The van der Waals surface area contributed by atoms with E-state index in [2.05, 4.69) is 5.32 Å². The van der Waals surface area contributed by atoms with Gasteiger partial charge in [0.25, 0.3) is 5.56 Å². The lowest BCUT2D eigenvalue weighted by molar-refractivity contribution is -0.140. The molecule has 180 valence electrons. The van der Waals surface area contributed by atoms with Gasteiger partial charge in [-0.2, -0.15) is 0 Å². The molecule has 0 unspecified atom stereocenters. The number of amides is 2. The van der Waals surface area contributed by atoms with Gasteiger partial charge in [0, 0.05) is 54.7 Å². The smallest absolute Gasteiger partial charge is 0.258 e. The SMILES string of the molecule is CC(=O)N1[C@@H]2c3ccc(-c4ccccc4)c(=O)n3C[C@@H]2[C@@H](CO)[C@@H]1C(=O)NCc1ccccc1Cl. The molecule has 0 radical (unpaired) electrons. The van der Waals surface area contributed by atoms with Crippen molar-refractivity contribution < 1.29 is 14.7 Å². The van der Waals surface area contributed by atoms with Gasteiger partial charge in [0.15, 0.2) is 0 Å². The van der Waals surface area contributed by atoms with Crippen LogP contribution < -0.4 is 10.9 Å². The van der Waals surface area contributed by atoms with Gasteiger partial charge in [0.1, 0.15) is 6.04 Å². The highest BCUT2D eigenvalue weighted by atomic mass is 35.5. The lowest BCUT2D eigenvalue weighted by Gasteiger charge is -2.30. The molecule has 0 bridgehead atoms. The van der Waals surface area contributed by atoms with Crippen LogP contribution in [-0.2, 0) is 22.7 Å². The van der Waals surface area contributed by atoms with Crippen molar-refractivity contribution in [2.75, 3.05) is 6.61 Å². The first kappa shape index (κ1) is 23.3. The van der Waals surface area contributed by atoms with Gasteiger partial charge in [0.2, 0.25) is 11.8 Å². The monoisotopic (exact) mass is 491 g/mol. The normalized spacial score (nSPS) is 22.5. The first-order chi connectivity index (χ1) is 16.9. The average molecular weight is 492 g/mol. The minimum atomic E-state index is -0.840. The minimum Gasteiger partial charge on any atom is -0.396 e. The van der Waals surface area contributed by atoms with Crippen LogP contribution in [0.1, 0.15) is 24.2 Å². The molecule has 2 amide bonds. The van der Waals surface area contributed by atoms with E-state index >= 15 is 0 Å². The van der Waals surface area contributed by atoms with Crippen LogP contribution in [0.15, 0.2) is 71.5 Å². The summed E-state index contributed by atoms with van der Waals surface area (Å²) in [6, 6.07) is 19.0. The molecule has 2 N–H and O–H groups in total. The number of pyridine rings is 1. The molecule has 2 aromatic carbocycles. The number of halogens is 1. The van der Waals surface area contributed by atoms with Gasteiger partial charge in [-0.3, -0.25) is 14.4 Å². The van der Waals surface area contributed by atoms with Crippen LogP contribution in [0.3, 0.4) is 0 Å². The van der Waals surface area contributed by atoms with E-state index in [4.69, 9.17) is 11.6 Å². The number of hydrogen-bond acceptors (Lipinski definition) is 4. The Morgan fingerprint density at radius 2 is 1.77 bits per heavy atom. The van der Waals surface area contributed by atoms with E-state index < -0.39 is 18.0 Å². The summed E-state index contributed by atoms with van der Waals surface area (Å²) in [6.45, 7) is 1.70. The fourth-order valence-electron chi connectivity index (χ4n) is 5.61. The Balaban J connectivity index is 1.48. The lowest BCUT2D eigenvalue weighted by Crippen LogP contribution is -2.49. The minimum absolute atomic E-state index is 0.136. The largest absolute Gasteiger partial charge is 0.396 e. The molecule has 3 aromatic rings. The van der Waals surface area contributed by atoms with Crippen LogP contribution >= 0.6 is 11.6 Å². The summed E-state index contributed by atoms with van der Waals surface area (Å²) >= 11 is 6.22. The Morgan fingerprint density at radius 1 is 1.06 bits per heavy atom. The van der Waals surface area contributed by atoms with Gasteiger partial charge in [-0.1, -0.05) is 60.1 Å². The molecular formula is C27H26ClN3O4. The average Bonchev–Trinajstić information content (AvgIpc) is 3.39. The summed E-state index contributed by atoms with van der Waals surface area (Å²) in [5.74, 6) is -1.38. The molecule has 8 heteroatoms. The fraction of sp³-hybridized carbons (Fsp3) is 0.296. The van der Waals surface area contributed by atoms with Gasteiger partial charge in [0.05, 0.1) is 6.04 Å². The Morgan fingerprint density at radius 3 is 2.46 bits per heavy atom. The number of carbonyl (C=O) groups is 2. The summed E-state index contributed by atoms with van der Waals surface area (Å²) in [5, 5.41) is 13.7. The topological polar surface area (TPSA) is 91.6 Å². The number of carbonyl (C=O) groups excluding carboxylic acids is 2. The van der Waals surface area contributed by atoms with E-state index in [9.17, 15) is 19.5 Å². The number of rotatable bonds is 5. The van der Waals surface area contributed by atoms with Gasteiger partial charge in [-0.05, 0) is 29.3 Å². The number of fused-ring (bicyclic) bond motifs is 3. The molecule has 7 nitrogen and oxygen atoms in total. The second-order valence-corrected chi connectivity index (χ2v) is 9.50. The summed E-state index contributed by atoms with van der Waals surface area (Å²) < 4.78 is 1.69. The summed E-state index contributed by atoms with van der Waals surface area (Å²) in [4.78, 5) is 41.1. The number of aliphatic hydroxyl groups excluding tert-OH is 1. The van der Waals surface area contributed by atoms with Crippen LogP contribution in [0.25, 0.3) is 11.1 Å². The van der Waals surface area contributed by atoms with Crippen molar-refractivity contribution in [1.82, 2.24) is 14.8 Å². The van der Waals surface area contributed by atoms with Crippen LogP contribution in [0.4, 0.5) is 0 Å². The second-order valence-electron chi connectivity index (χ2n) is 9.09. The number of aromatic nitrogens is 1. The molecule has 1 aromatic heterocycles. The van der Waals surface area contributed by atoms with Crippen molar-refractivity contribution in [3.05, 3.63) is 93.4 Å². The molecule has 0 aliphatic carbocycles. The Hall–Kier alpha value is -3.42. The maximum Gasteiger partial charge on any atom is 0.258 e. The maximum absolute atomic E-state index is 13.4.